The van der Waals surface area contributed by atoms with Crippen LogP contribution in [0.4, 0.5) is 0 Å². The van der Waals surface area contributed by atoms with Crippen LogP contribution in [-0.4, -0.2) is 99.6 Å². The van der Waals surface area contributed by atoms with Gasteiger partial charge in [0.15, 0.2) is 12.4 Å². The van der Waals surface area contributed by atoms with E-state index in [1.165, 1.54) is 193 Å². The number of rotatable bonds is 52. The topological polar surface area (TPSA) is 175 Å². The Bertz CT molecular complexity index is 1210. The van der Waals surface area contributed by atoms with Gasteiger partial charge in [-0.05, 0) is 25.7 Å². The first-order valence-electron chi connectivity index (χ1n) is 30.5. The van der Waals surface area contributed by atoms with Crippen LogP contribution in [0.15, 0.2) is 12.2 Å². The molecule has 0 spiro atoms. The molecule has 0 aromatic heterocycles. The number of amides is 1. The fourth-order valence-corrected chi connectivity index (χ4v) is 9.83. The second-order valence-electron chi connectivity index (χ2n) is 21.5. The highest BCUT2D eigenvalue weighted by Gasteiger charge is 2.47. The highest BCUT2D eigenvalue weighted by molar-refractivity contribution is 5.80. The van der Waals surface area contributed by atoms with E-state index in [-0.39, 0.29) is 13.0 Å². The lowest BCUT2D eigenvalue weighted by Crippen LogP contribution is -2.61. The van der Waals surface area contributed by atoms with Gasteiger partial charge >= 0.3 is 5.97 Å². The van der Waals surface area contributed by atoms with Crippen LogP contribution in [0.5, 0.6) is 0 Å². The molecule has 1 heterocycles. The number of allylic oxidation sites excluding steroid dienone is 1. The molecule has 1 saturated heterocycles. The zero-order valence-electron chi connectivity index (χ0n) is 46.4. The lowest BCUT2D eigenvalue weighted by Gasteiger charge is -2.41. The first-order valence-corrected chi connectivity index (χ1v) is 30.5. The van der Waals surface area contributed by atoms with Gasteiger partial charge in [-0.3, -0.25) is 9.59 Å². The summed E-state index contributed by atoms with van der Waals surface area (Å²) in [6, 6.07) is -1.01. The summed E-state index contributed by atoms with van der Waals surface area (Å²) < 4.78 is 17.6. The third kappa shape index (κ3) is 37.7. The molecule has 1 rings (SSSR count). The van der Waals surface area contributed by atoms with Gasteiger partial charge < -0.3 is 45.1 Å². The summed E-state index contributed by atoms with van der Waals surface area (Å²) in [6.07, 6.45) is 43.9. The van der Waals surface area contributed by atoms with Crippen molar-refractivity contribution in [3.8, 4) is 0 Å². The fourth-order valence-electron chi connectivity index (χ4n) is 9.83. The largest absolute Gasteiger partial charge is 0.454 e. The van der Waals surface area contributed by atoms with Gasteiger partial charge in [0.2, 0.25) is 5.91 Å². The van der Waals surface area contributed by atoms with E-state index >= 15 is 0 Å². The normalized spacial score (nSPS) is 19.6. The standard InChI is InChI=1S/C60H115NO10/c1-4-7-10-13-16-19-22-25-26-27-30-32-35-38-41-44-47-53(64)59(68)61-51(52(63)46-43-40-37-34-31-28-23-20-17-14-11-8-5-2)50-69-60-58(57(67)56(66)54(49-62)70-60)71-55(65)48-45-42-39-36-33-29-24-21-18-15-12-9-6-3/h43,46,51-54,56-58,60,62-64,66-67H,4-42,44-45,47-50H2,1-3H3,(H,61,68)/b46-43+. The molecule has 11 nitrogen and oxygen atoms in total. The van der Waals surface area contributed by atoms with Crippen LogP contribution in [0, 0.1) is 0 Å². The van der Waals surface area contributed by atoms with E-state index in [0.717, 1.165) is 57.8 Å². The van der Waals surface area contributed by atoms with Crippen molar-refractivity contribution < 1.29 is 49.3 Å². The summed E-state index contributed by atoms with van der Waals surface area (Å²) in [5.41, 5.74) is 0. The zero-order valence-corrected chi connectivity index (χ0v) is 46.4. The number of carbonyl (C=O) groups is 2. The van der Waals surface area contributed by atoms with Gasteiger partial charge in [-0.15, -0.1) is 0 Å². The molecule has 1 fully saturated rings. The van der Waals surface area contributed by atoms with Crippen molar-refractivity contribution in [2.24, 2.45) is 0 Å². The maximum atomic E-state index is 13.4. The van der Waals surface area contributed by atoms with Crippen LogP contribution in [-0.2, 0) is 23.8 Å². The molecule has 11 heteroatoms. The van der Waals surface area contributed by atoms with Crippen molar-refractivity contribution in [3.05, 3.63) is 12.2 Å². The summed E-state index contributed by atoms with van der Waals surface area (Å²) in [4.78, 5) is 26.5. The van der Waals surface area contributed by atoms with Crippen molar-refractivity contribution in [1.82, 2.24) is 5.32 Å². The van der Waals surface area contributed by atoms with Crippen molar-refractivity contribution in [2.75, 3.05) is 13.2 Å². The zero-order chi connectivity index (χ0) is 51.8. The molecule has 0 aromatic rings. The van der Waals surface area contributed by atoms with Crippen LogP contribution in [0.1, 0.15) is 297 Å². The first-order chi connectivity index (χ1) is 34.7. The average Bonchev–Trinajstić information content (AvgIpc) is 3.37. The van der Waals surface area contributed by atoms with E-state index in [0.29, 0.717) is 19.3 Å². The Balaban J connectivity index is 2.70. The molecule has 0 aliphatic carbocycles. The number of unbranched alkanes of at least 4 members (excludes halogenated alkanes) is 38. The van der Waals surface area contributed by atoms with Gasteiger partial charge in [-0.1, -0.05) is 277 Å². The highest BCUT2D eigenvalue weighted by atomic mass is 16.7. The summed E-state index contributed by atoms with van der Waals surface area (Å²) in [5.74, 6) is -1.18. The van der Waals surface area contributed by atoms with Crippen molar-refractivity contribution >= 4 is 11.9 Å². The molecule has 0 radical (unpaired) electrons. The molecule has 1 aliphatic heterocycles. The highest BCUT2D eigenvalue weighted by Crippen LogP contribution is 2.26. The maximum absolute atomic E-state index is 13.4. The smallest absolute Gasteiger partial charge is 0.306 e. The number of hydrogen-bond donors (Lipinski definition) is 6. The van der Waals surface area contributed by atoms with E-state index in [1.54, 1.807) is 6.08 Å². The van der Waals surface area contributed by atoms with Crippen molar-refractivity contribution in [2.45, 2.75) is 346 Å². The Kier molecular flexibility index (Phi) is 46.8. The number of aliphatic hydroxyl groups is 5. The Morgan fingerprint density at radius 3 is 1.32 bits per heavy atom. The minimum absolute atomic E-state index is 0.131. The van der Waals surface area contributed by atoms with Gasteiger partial charge in [-0.2, -0.15) is 0 Å². The van der Waals surface area contributed by atoms with Gasteiger partial charge in [0.1, 0.15) is 24.4 Å². The number of nitrogens with one attached hydrogen (secondary N) is 1. The van der Waals surface area contributed by atoms with Gasteiger partial charge in [-0.25, -0.2) is 0 Å². The van der Waals surface area contributed by atoms with E-state index in [4.69, 9.17) is 14.2 Å². The van der Waals surface area contributed by atoms with E-state index < -0.39 is 67.4 Å². The third-order valence-corrected chi connectivity index (χ3v) is 14.7. The lowest BCUT2D eigenvalue weighted by atomic mass is 9.99. The van der Waals surface area contributed by atoms with E-state index in [1.807, 2.05) is 6.08 Å². The Hall–Kier alpha value is -1.60. The van der Waals surface area contributed by atoms with Crippen molar-refractivity contribution in [1.29, 1.82) is 0 Å². The number of carbonyl (C=O) groups excluding carboxylic acids is 2. The SMILES string of the molecule is CCCCCCCCCCCCC/C=C/C(O)C(COC1OC(CO)C(O)C(O)C1OC(=O)CCCCCCCCCCCCCCC)NC(=O)C(O)CCCCCCCCCCCCCCCCCC. The molecular weight excluding hydrogens is 895 g/mol. The molecule has 0 aromatic carbocycles. The summed E-state index contributed by atoms with van der Waals surface area (Å²) in [5, 5.41) is 56.9. The molecule has 6 N–H and O–H groups in total. The van der Waals surface area contributed by atoms with E-state index in [9.17, 15) is 35.1 Å². The maximum Gasteiger partial charge on any atom is 0.306 e. The summed E-state index contributed by atoms with van der Waals surface area (Å²) in [6.45, 7) is 5.81. The molecule has 0 bridgehead atoms. The summed E-state index contributed by atoms with van der Waals surface area (Å²) >= 11 is 0. The second kappa shape index (κ2) is 49.3. The van der Waals surface area contributed by atoms with Crippen molar-refractivity contribution in [3.63, 3.8) is 0 Å². The first kappa shape index (κ1) is 67.4. The van der Waals surface area contributed by atoms with Crippen LogP contribution in [0.3, 0.4) is 0 Å². The Morgan fingerprint density at radius 2 is 0.915 bits per heavy atom. The fraction of sp³-hybridized carbons (Fsp3) is 0.933. The van der Waals surface area contributed by atoms with Crippen LogP contribution < -0.4 is 5.32 Å². The minimum atomic E-state index is -1.60. The number of ether oxygens (including phenoxy) is 3. The predicted octanol–water partition coefficient (Wildman–Crippen LogP) is 14.0. The molecule has 8 unspecified atom stereocenters. The minimum Gasteiger partial charge on any atom is -0.454 e. The summed E-state index contributed by atoms with van der Waals surface area (Å²) in [7, 11) is 0. The van der Waals surface area contributed by atoms with E-state index in [2.05, 4.69) is 26.1 Å². The van der Waals surface area contributed by atoms with Crippen LogP contribution in [0.2, 0.25) is 0 Å². The van der Waals surface area contributed by atoms with Gasteiger partial charge in [0, 0.05) is 6.42 Å². The third-order valence-electron chi connectivity index (χ3n) is 14.7. The molecule has 71 heavy (non-hydrogen) atoms. The Morgan fingerprint density at radius 1 is 0.535 bits per heavy atom. The molecule has 420 valence electrons. The predicted molar refractivity (Wildman–Crippen MR) is 292 cm³/mol. The number of hydrogen-bond acceptors (Lipinski definition) is 10. The molecular formula is C60H115NO10. The van der Waals surface area contributed by atoms with Gasteiger partial charge in [0.25, 0.3) is 0 Å². The van der Waals surface area contributed by atoms with Crippen LogP contribution in [0.25, 0.3) is 0 Å². The molecule has 1 amide bonds. The average molecular weight is 1010 g/mol. The lowest BCUT2D eigenvalue weighted by molar-refractivity contribution is -0.305. The molecule has 0 saturated carbocycles. The van der Waals surface area contributed by atoms with Crippen LogP contribution >= 0.6 is 0 Å². The number of aliphatic hydroxyl groups excluding tert-OH is 5. The Labute approximate surface area is 436 Å². The monoisotopic (exact) mass is 1010 g/mol. The quantitative estimate of drug-likeness (QED) is 0.0195. The molecule has 1 aliphatic rings. The second-order valence-corrected chi connectivity index (χ2v) is 21.5. The molecule has 8 atom stereocenters. The number of esters is 1. The van der Waals surface area contributed by atoms with Gasteiger partial charge in [0.05, 0.1) is 25.4 Å².